The second kappa shape index (κ2) is 3.33. The number of nitrogens with zero attached hydrogens (tertiary/aromatic N) is 1. The van der Waals surface area contributed by atoms with Crippen LogP contribution in [0.2, 0.25) is 0 Å². The second-order valence-electron chi connectivity index (χ2n) is 4.30. The van der Waals surface area contributed by atoms with Gasteiger partial charge in [-0.15, -0.1) is 11.3 Å². The van der Waals surface area contributed by atoms with E-state index in [2.05, 4.69) is 20.9 Å². The van der Waals surface area contributed by atoms with Crippen LogP contribution in [0.1, 0.15) is 32.7 Å². The van der Waals surface area contributed by atoms with Crippen molar-refractivity contribution in [2.45, 2.75) is 33.3 Å². The summed E-state index contributed by atoms with van der Waals surface area (Å²) in [5.41, 5.74) is -1.08. The average Bonchev–Trinajstić information content (AvgIpc) is 2.33. The number of aliphatic hydroxyl groups is 1. The van der Waals surface area contributed by atoms with Crippen molar-refractivity contribution in [3.8, 4) is 0 Å². The van der Waals surface area contributed by atoms with Gasteiger partial charge in [-0.25, -0.2) is 4.98 Å². The van der Waals surface area contributed by atoms with Gasteiger partial charge in [-0.05, 0) is 28.3 Å². The van der Waals surface area contributed by atoms with Crippen molar-refractivity contribution in [3.05, 3.63) is 15.0 Å². The van der Waals surface area contributed by atoms with Gasteiger partial charge >= 0.3 is 0 Å². The van der Waals surface area contributed by atoms with Gasteiger partial charge in [0.05, 0.1) is 0 Å². The Hall–Kier alpha value is 0.0700. The minimum Gasteiger partial charge on any atom is -0.382 e. The van der Waals surface area contributed by atoms with Gasteiger partial charge in [0.25, 0.3) is 0 Å². The third-order valence-corrected chi connectivity index (χ3v) is 4.12. The van der Waals surface area contributed by atoms with Crippen molar-refractivity contribution in [2.24, 2.45) is 5.41 Å². The number of hydrogen-bond acceptors (Lipinski definition) is 3. The van der Waals surface area contributed by atoms with Gasteiger partial charge < -0.3 is 5.11 Å². The third kappa shape index (κ3) is 2.11. The van der Waals surface area contributed by atoms with Gasteiger partial charge in [-0.3, -0.25) is 0 Å². The molecule has 0 radical (unpaired) electrons. The molecule has 2 nitrogen and oxygen atoms in total. The Morgan fingerprint density at radius 2 is 1.92 bits per heavy atom. The Morgan fingerprint density at radius 3 is 2.23 bits per heavy atom. The maximum Gasteiger partial charge on any atom is 0.126 e. The fourth-order valence-electron chi connectivity index (χ4n) is 0.799. The molecular formula is C9H14BrNOS. The van der Waals surface area contributed by atoms with E-state index in [1.807, 2.05) is 26.2 Å². The summed E-state index contributed by atoms with van der Waals surface area (Å²) in [4.78, 5) is 4.23. The van der Waals surface area contributed by atoms with Gasteiger partial charge in [-0.1, -0.05) is 20.8 Å². The molecule has 1 atom stereocenters. The average molecular weight is 264 g/mol. The highest BCUT2D eigenvalue weighted by atomic mass is 79.9. The van der Waals surface area contributed by atoms with Crippen molar-refractivity contribution in [1.29, 1.82) is 0 Å². The van der Waals surface area contributed by atoms with E-state index in [0.717, 1.165) is 9.61 Å². The van der Waals surface area contributed by atoms with Crippen LogP contribution >= 0.6 is 27.3 Å². The smallest absolute Gasteiger partial charge is 0.126 e. The lowest BCUT2D eigenvalue weighted by Gasteiger charge is -2.35. The molecule has 0 aliphatic heterocycles. The van der Waals surface area contributed by atoms with E-state index in [4.69, 9.17) is 0 Å². The summed E-state index contributed by atoms with van der Waals surface area (Å²) >= 11 is 4.75. The summed E-state index contributed by atoms with van der Waals surface area (Å²) in [6, 6.07) is 0. The molecule has 13 heavy (non-hydrogen) atoms. The fraction of sp³-hybridized carbons (Fsp3) is 0.667. The van der Waals surface area contributed by atoms with Crippen molar-refractivity contribution in [3.63, 3.8) is 0 Å². The molecule has 0 fully saturated rings. The Balaban J connectivity index is 3.07. The summed E-state index contributed by atoms with van der Waals surface area (Å²) in [5.74, 6) is 0. The molecule has 1 unspecified atom stereocenters. The Bertz CT molecular complexity index is 301. The first kappa shape index (κ1) is 11.1. The first-order valence-electron chi connectivity index (χ1n) is 4.09. The van der Waals surface area contributed by atoms with Crippen LogP contribution in [0.15, 0.2) is 9.98 Å². The van der Waals surface area contributed by atoms with Crippen LogP contribution in [0.3, 0.4) is 0 Å². The Morgan fingerprint density at radius 1 is 1.38 bits per heavy atom. The SMILES string of the molecule is CC(C)(C)C(C)(O)c1nc(Br)cs1. The molecule has 0 saturated heterocycles. The zero-order valence-corrected chi connectivity index (χ0v) is 10.7. The highest BCUT2D eigenvalue weighted by molar-refractivity contribution is 9.10. The highest BCUT2D eigenvalue weighted by Gasteiger charge is 2.39. The molecule has 0 aliphatic rings. The van der Waals surface area contributed by atoms with Crippen molar-refractivity contribution in [1.82, 2.24) is 4.98 Å². The van der Waals surface area contributed by atoms with Gasteiger partial charge in [0.1, 0.15) is 15.2 Å². The largest absolute Gasteiger partial charge is 0.382 e. The van der Waals surface area contributed by atoms with Gasteiger partial charge in [0.15, 0.2) is 0 Å². The molecular weight excluding hydrogens is 250 g/mol. The number of halogens is 1. The van der Waals surface area contributed by atoms with Crippen molar-refractivity contribution in [2.75, 3.05) is 0 Å². The zero-order chi connectivity index (χ0) is 10.3. The molecule has 1 aromatic heterocycles. The van der Waals surface area contributed by atoms with Crippen LogP contribution in [0, 0.1) is 5.41 Å². The maximum atomic E-state index is 10.3. The standard InChI is InChI=1S/C9H14BrNOS/c1-8(2,3)9(4,12)7-11-6(10)5-13-7/h5,12H,1-4H3. The molecule has 0 aromatic carbocycles. The lowest BCUT2D eigenvalue weighted by atomic mass is 9.78. The minimum atomic E-state index is -0.871. The van der Waals surface area contributed by atoms with Crippen LogP contribution in [0.25, 0.3) is 0 Å². The van der Waals surface area contributed by atoms with Crippen LogP contribution in [0.4, 0.5) is 0 Å². The minimum absolute atomic E-state index is 0.204. The van der Waals surface area contributed by atoms with Crippen LogP contribution in [-0.4, -0.2) is 10.1 Å². The fourth-order valence-corrected chi connectivity index (χ4v) is 2.32. The second-order valence-corrected chi connectivity index (χ2v) is 5.97. The Labute approximate surface area is 91.1 Å². The van der Waals surface area contributed by atoms with E-state index in [1.54, 1.807) is 6.92 Å². The van der Waals surface area contributed by atoms with Crippen LogP contribution in [-0.2, 0) is 5.60 Å². The molecule has 0 amide bonds. The topological polar surface area (TPSA) is 33.1 Å². The number of thiazole rings is 1. The monoisotopic (exact) mass is 263 g/mol. The first-order chi connectivity index (χ1) is 5.75. The van der Waals surface area contributed by atoms with E-state index in [-0.39, 0.29) is 5.41 Å². The summed E-state index contributed by atoms with van der Waals surface area (Å²) in [7, 11) is 0. The maximum absolute atomic E-state index is 10.3. The number of aromatic nitrogens is 1. The predicted octanol–water partition coefficient (Wildman–Crippen LogP) is 3.16. The van der Waals surface area contributed by atoms with E-state index in [9.17, 15) is 5.11 Å². The molecule has 1 N–H and O–H groups in total. The molecule has 0 aliphatic carbocycles. The molecule has 0 spiro atoms. The van der Waals surface area contributed by atoms with Crippen LogP contribution in [0.5, 0.6) is 0 Å². The molecule has 74 valence electrons. The first-order valence-corrected chi connectivity index (χ1v) is 5.76. The summed E-state index contributed by atoms with van der Waals surface area (Å²) in [6.45, 7) is 7.81. The quantitative estimate of drug-likeness (QED) is 0.845. The normalized spacial score (nSPS) is 17.1. The van der Waals surface area contributed by atoms with Crippen molar-refractivity contribution < 1.29 is 5.11 Å². The molecule has 0 bridgehead atoms. The molecule has 4 heteroatoms. The van der Waals surface area contributed by atoms with E-state index >= 15 is 0 Å². The zero-order valence-electron chi connectivity index (χ0n) is 8.26. The summed E-state index contributed by atoms with van der Waals surface area (Å²) in [6.07, 6.45) is 0. The predicted molar refractivity (Wildman–Crippen MR) is 58.8 cm³/mol. The molecule has 1 aromatic rings. The van der Waals surface area contributed by atoms with E-state index in [0.29, 0.717) is 0 Å². The van der Waals surface area contributed by atoms with Gasteiger partial charge in [0, 0.05) is 5.38 Å². The molecule has 1 rings (SSSR count). The van der Waals surface area contributed by atoms with Crippen molar-refractivity contribution >= 4 is 27.3 Å². The van der Waals surface area contributed by atoms with Crippen LogP contribution < -0.4 is 0 Å². The summed E-state index contributed by atoms with van der Waals surface area (Å²) in [5, 5.41) is 12.9. The summed E-state index contributed by atoms with van der Waals surface area (Å²) < 4.78 is 0.789. The molecule has 1 heterocycles. The lowest BCUT2D eigenvalue weighted by Crippen LogP contribution is -2.36. The van der Waals surface area contributed by atoms with Gasteiger partial charge in [0.2, 0.25) is 0 Å². The number of hydrogen-bond donors (Lipinski definition) is 1. The third-order valence-electron chi connectivity index (χ3n) is 2.35. The number of rotatable bonds is 1. The van der Waals surface area contributed by atoms with Gasteiger partial charge in [-0.2, -0.15) is 0 Å². The van der Waals surface area contributed by atoms with E-state index < -0.39 is 5.60 Å². The lowest BCUT2D eigenvalue weighted by molar-refractivity contribution is -0.0472. The highest BCUT2D eigenvalue weighted by Crippen LogP contribution is 2.40. The molecule has 0 saturated carbocycles. The van der Waals surface area contributed by atoms with E-state index in [1.165, 1.54) is 11.3 Å². The Kier molecular flexibility index (Phi) is 2.86.